The van der Waals surface area contributed by atoms with Gasteiger partial charge in [-0.3, -0.25) is 0 Å². The number of hydrogen-bond acceptors (Lipinski definition) is 2. The van der Waals surface area contributed by atoms with Crippen molar-refractivity contribution in [3.05, 3.63) is 39.2 Å². The van der Waals surface area contributed by atoms with Crippen molar-refractivity contribution in [1.29, 1.82) is 0 Å². The van der Waals surface area contributed by atoms with E-state index in [4.69, 9.17) is 21.9 Å². The van der Waals surface area contributed by atoms with Crippen LogP contribution in [0.2, 0.25) is 5.02 Å². The van der Waals surface area contributed by atoms with Crippen molar-refractivity contribution in [2.45, 2.75) is 6.54 Å². The van der Waals surface area contributed by atoms with Crippen LogP contribution in [-0.2, 0) is 6.54 Å². The maximum absolute atomic E-state index is 8.15. The second kappa shape index (κ2) is 4.60. The summed E-state index contributed by atoms with van der Waals surface area (Å²) in [5.74, 6) is 0.566. The first kappa shape index (κ1) is 9.71. The van der Waals surface area contributed by atoms with Crippen molar-refractivity contribution < 1.29 is 4.74 Å². The van der Waals surface area contributed by atoms with E-state index in [1.165, 1.54) is 7.11 Å². The molecule has 5 heteroatoms. The standard InChI is InChI=1S/C8H8ClN3O/c1-13-8-6(5-11-12-10)3-2-4-7(8)9/h2-4H,5H2,1H3. The van der Waals surface area contributed by atoms with Gasteiger partial charge in [-0.2, -0.15) is 0 Å². The number of hydrogen-bond donors (Lipinski definition) is 0. The molecule has 0 aliphatic carbocycles. The van der Waals surface area contributed by atoms with Gasteiger partial charge in [-0.15, -0.1) is 0 Å². The molecule has 0 fully saturated rings. The summed E-state index contributed by atoms with van der Waals surface area (Å²) in [7, 11) is 1.53. The average molecular weight is 198 g/mol. The number of azide groups is 1. The lowest BCUT2D eigenvalue weighted by molar-refractivity contribution is 0.410. The molecule has 0 aliphatic rings. The van der Waals surface area contributed by atoms with Gasteiger partial charge in [0, 0.05) is 10.5 Å². The fourth-order valence-electron chi connectivity index (χ4n) is 1.01. The molecule has 68 valence electrons. The van der Waals surface area contributed by atoms with Gasteiger partial charge in [0.15, 0.2) is 0 Å². The zero-order valence-electron chi connectivity index (χ0n) is 7.07. The monoisotopic (exact) mass is 197 g/mol. The van der Waals surface area contributed by atoms with Crippen LogP contribution in [0.3, 0.4) is 0 Å². The van der Waals surface area contributed by atoms with Crippen LogP contribution in [0.1, 0.15) is 5.56 Å². The van der Waals surface area contributed by atoms with Crippen molar-refractivity contribution in [1.82, 2.24) is 0 Å². The number of halogens is 1. The van der Waals surface area contributed by atoms with E-state index in [2.05, 4.69) is 10.0 Å². The smallest absolute Gasteiger partial charge is 0.140 e. The molecule has 0 atom stereocenters. The summed E-state index contributed by atoms with van der Waals surface area (Å²) in [6.45, 7) is 0.250. The Bertz CT molecular complexity index is 347. The highest BCUT2D eigenvalue weighted by molar-refractivity contribution is 6.32. The second-order valence-electron chi connectivity index (χ2n) is 2.32. The van der Waals surface area contributed by atoms with E-state index in [9.17, 15) is 0 Å². The molecular weight excluding hydrogens is 190 g/mol. The summed E-state index contributed by atoms with van der Waals surface area (Å²) in [6, 6.07) is 5.31. The van der Waals surface area contributed by atoms with E-state index in [0.29, 0.717) is 10.8 Å². The lowest BCUT2D eigenvalue weighted by atomic mass is 10.2. The summed E-state index contributed by atoms with van der Waals surface area (Å²) in [5, 5.41) is 3.96. The molecule has 13 heavy (non-hydrogen) atoms. The first-order valence-corrected chi connectivity index (χ1v) is 3.99. The fourth-order valence-corrected chi connectivity index (χ4v) is 1.29. The van der Waals surface area contributed by atoms with Crippen LogP contribution in [0.15, 0.2) is 23.3 Å². The molecule has 0 amide bonds. The van der Waals surface area contributed by atoms with Crippen molar-refractivity contribution in [3.63, 3.8) is 0 Å². The van der Waals surface area contributed by atoms with Crippen molar-refractivity contribution in [2.75, 3.05) is 7.11 Å². The zero-order valence-corrected chi connectivity index (χ0v) is 7.82. The number of methoxy groups -OCH3 is 1. The van der Waals surface area contributed by atoms with E-state index < -0.39 is 0 Å². The average Bonchev–Trinajstić information content (AvgIpc) is 2.15. The molecule has 0 unspecified atom stereocenters. The van der Waals surface area contributed by atoms with E-state index in [1.54, 1.807) is 18.2 Å². The highest BCUT2D eigenvalue weighted by Gasteiger charge is 2.04. The lowest BCUT2D eigenvalue weighted by Crippen LogP contribution is -1.90. The third-order valence-electron chi connectivity index (χ3n) is 1.56. The number of para-hydroxylation sites is 1. The fraction of sp³-hybridized carbons (Fsp3) is 0.250. The molecule has 0 spiro atoms. The van der Waals surface area contributed by atoms with Gasteiger partial charge >= 0.3 is 0 Å². The predicted molar refractivity (Wildman–Crippen MR) is 50.9 cm³/mol. The number of nitrogens with zero attached hydrogens (tertiary/aromatic N) is 3. The predicted octanol–water partition coefficient (Wildman–Crippen LogP) is 3.16. The zero-order chi connectivity index (χ0) is 9.68. The van der Waals surface area contributed by atoms with Crippen LogP contribution in [0.25, 0.3) is 10.4 Å². The Hall–Kier alpha value is -1.38. The molecule has 1 rings (SSSR count). The van der Waals surface area contributed by atoms with Gasteiger partial charge in [0.05, 0.1) is 18.7 Å². The van der Waals surface area contributed by atoms with Crippen LogP contribution in [0.5, 0.6) is 5.75 Å². The minimum atomic E-state index is 0.250. The number of rotatable bonds is 3. The molecule has 0 bridgehead atoms. The van der Waals surface area contributed by atoms with Crippen LogP contribution in [0, 0.1) is 0 Å². The van der Waals surface area contributed by atoms with Crippen LogP contribution in [-0.4, -0.2) is 7.11 Å². The summed E-state index contributed by atoms with van der Waals surface area (Å²) in [5.41, 5.74) is 8.93. The third kappa shape index (κ3) is 2.28. The molecular formula is C8H8ClN3O. The summed E-state index contributed by atoms with van der Waals surface area (Å²) >= 11 is 5.85. The Labute approximate surface area is 80.7 Å². The topological polar surface area (TPSA) is 58.0 Å². The van der Waals surface area contributed by atoms with Gasteiger partial charge < -0.3 is 4.74 Å². The molecule has 1 aromatic rings. The van der Waals surface area contributed by atoms with Gasteiger partial charge in [0.2, 0.25) is 0 Å². The van der Waals surface area contributed by atoms with Crippen molar-refractivity contribution in [3.8, 4) is 5.75 Å². The Morgan fingerprint density at radius 1 is 1.62 bits per heavy atom. The van der Waals surface area contributed by atoms with Gasteiger partial charge in [0.1, 0.15) is 5.75 Å². The Kier molecular flexibility index (Phi) is 3.43. The van der Waals surface area contributed by atoms with Crippen molar-refractivity contribution >= 4 is 11.6 Å². The number of ether oxygens (including phenoxy) is 1. The molecule has 0 saturated carbocycles. The van der Waals surface area contributed by atoms with Crippen LogP contribution >= 0.6 is 11.6 Å². The molecule has 0 saturated heterocycles. The van der Waals surface area contributed by atoms with Crippen LogP contribution in [0.4, 0.5) is 0 Å². The minimum Gasteiger partial charge on any atom is -0.495 e. The van der Waals surface area contributed by atoms with Crippen LogP contribution < -0.4 is 4.74 Å². The molecule has 4 nitrogen and oxygen atoms in total. The largest absolute Gasteiger partial charge is 0.495 e. The first-order chi connectivity index (χ1) is 6.29. The van der Waals surface area contributed by atoms with E-state index in [-0.39, 0.29) is 6.54 Å². The summed E-state index contributed by atoms with van der Waals surface area (Å²) in [6.07, 6.45) is 0. The second-order valence-corrected chi connectivity index (χ2v) is 2.73. The molecule has 0 radical (unpaired) electrons. The van der Waals surface area contributed by atoms with Gasteiger partial charge in [0.25, 0.3) is 0 Å². The van der Waals surface area contributed by atoms with Crippen molar-refractivity contribution in [2.24, 2.45) is 5.11 Å². The third-order valence-corrected chi connectivity index (χ3v) is 1.85. The maximum atomic E-state index is 8.15. The van der Waals surface area contributed by atoms with Gasteiger partial charge in [-0.25, -0.2) is 0 Å². The lowest BCUT2D eigenvalue weighted by Gasteiger charge is -2.06. The highest BCUT2D eigenvalue weighted by atomic mass is 35.5. The summed E-state index contributed by atoms with van der Waals surface area (Å²) < 4.78 is 5.06. The Morgan fingerprint density at radius 2 is 2.38 bits per heavy atom. The van der Waals surface area contributed by atoms with Gasteiger partial charge in [-0.1, -0.05) is 28.8 Å². The number of benzene rings is 1. The highest BCUT2D eigenvalue weighted by Crippen LogP contribution is 2.28. The van der Waals surface area contributed by atoms with E-state index in [1.807, 2.05) is 0 Å². The van der Waals surface area contributed by atoms with E-state index in [0.717, 1.165) is 5.56 Å². The van der Waals surface area contributed by atoms with E-state index >= 15 is 0 Å². The molecule has 0 N–H and O–H groups in total. The molecule has 0 aliphatic heterocycles. The molecule has 0 aromatic heterocycles. The quantitative estimate of drug-likeness (QED) is 0.417. The Morgan fingerprint density at radius 3 is 3.00 bits per heavy atom. The molecule has 0 heterocycles. The SMILES string of the molecule is COc1c(Cl)cccc1CN=[N+]=[N-]. The summed E-state index contributed by atoms with van der Waals surface area (Å²) in [4.78, 5) is 2.66. The first-order valence-electron chi connectivity index (χ1n) is 3.62. The molecule has 1 aromatic carbocycles. The normalized spacial score (nSPS) is 9.08. The van der Waals surface area contributed by atoms with Gasteiger partial charge in [-0.05, 0) is 11.6 Å². The minimum absolute atomic E-state index is 0.250. The maximum Gasteiger partial charge on any atom is 0.140 e. The Balaban J connectivity index is 3.04.